The number of anilines is 3. The minimum Gasteiger partial charge on any atom is -0.456 e. The van der Waals surface area contributed by atoms with Gasteiger partial charge < -0.3 is 13.7 Å². The van der Waals surface area contributed by atoms with Crippen LogP contribution < -0.4 is 4.90 Å². The fraction of sp³-hybridized carbons (Fsp3) is 0. The summed E-state index contributed by atoms with van der Waals surface area (Å²) < 4.78 is 12.8. The van der Waals surface area contributed by atoms with Gasteiger partial charge in [0.25, 0.3) is 0 Å². The molecule has 11 aromatic rings. The highest BCUT2D eigenvalue weighted by atomic mass is 16.3. The van der Waals surface area contributed by atoms with Crippen molar-refractivity contribution < 1.29 is 8.83 Å². The summed E-state index contributed by atoms with van der Waals surface area (Å²) in [4.78, 5) is 17.1. The summed E-state index contributed by atoms with van der Waals surface area (Å²) >= 11 is 0. The molecule has 6 heteroatoms. The molecule has 0 saturated heterocycles. The van der Waals surface area contributed by atoms with Crippen molar-refractivity contribution in [3.8, 4) is 45.3 Å². The van der Waals surface area contributed by atoms with Crippen molar-refractivity contribution in [2.24, 2.45) is 0 Å². The molecule has 8 aromatic carbocycles. The largest absolute Gasteiger partial charge is 0.456 e. The van der Waals surface area contributed by atoms with E-state index in [0.29, 0.717) is 17.5 Å². The lowest BCUT2D eigenvalue weighted by Crippen LogP contribution is -2.09. The van der Waals surface area contributed by atoms with E-state index in [1.807, 2.05) is 84.9 Å². The zero-order chi connectivity index (χ0) is 37.7. The van der Waals surface area contributed by atoms with Gasteiger partial charge in [-0.3, -0.25) is 0 Å². The third-order valence-electron chi connectivity index (χ3n) is 10.5. The average Bonchev–Trinajstić information content (AvgIpc) is 3.85. The number of hydrogen-bond donors (Lipinski definition) is 0. The minimum atomic E-state index is 0.582. The van der Waals surface area contributed by atoms with Crippen molar-refractivity contribution in [2.75, 3.05) is 4.90 Å². The van der Waals surface area contributed by atoms with Crippen molar-refractivity contribution in [1.29, 1.82) is 0 Å². The van der Waals surface area contributed by atoms with Crippen LogP contribution >= 0.6 is 0 Å². The van der Waals surface area contributed by atoms with Crippen LogP contribution in [-0.2, 0) is 0 Å². The van der Waals surface area contributed by atoms with E-state index in [0.717, 1.165) is 83.2 Å². The zero-order valence-corrected chi connectivity index (χ0v) is 30.6. The Kier molecular flexibility index (Phi) is 7.71. The normalized spacial score (nSPS) is 11.5. The highest BCUT2D eigenvalue weighted by Gasteiger charge is 2.19. The minimum absolute atomic E-state index is 0.582. The van der Waals surface area contributed by atoms with Crippen LogP contribution in [0, 0.1) is 0 Å². The molecule has 3 aromatic heterocycles. The Morgan fingerprint density at radius 1 is 0.281 bits per heavy atom. The second kappa shape index (κ2) is 13.5. The molecule has 0 radical (unpaired) electrons. The molecule has 0 fully saturated rings. The molecule has 6 nitrogen and oxygen atoms in total. The first-order valence-electron chi connectivity index (χ1n) is 18.9. The molecule has 0 amide bonds. The number of para-hydroxylation sites is 1. The molecule has 0 aliphatic rings. The Morgan fingerprint density at radius 3 is 1.30 bits per heavy atom. The monoisotopic (exact) mass is 732 g/mol. The van der Waals surface area contributed by atoms with Crippen LogP contribution in [-0.4, -0.2) is 15.0 Å². The molecule has 0 unspecified atom stereocenters. The molecule has 3 heterocycles. The number of fused-ring (bicyclic) bond motifs is 6. The smallest absolute Gasteiger partial charge is 0.164 e. The topological polar surface area (TPSA) is 68.2 Å². The third-order valence-corrected chi connectivity index (χ3v) is 10.5. The number of rotatable bonds is 7. The molecular weight excluding hydrogens is 701 g/mol. The van der Waals surface area contributed by atoms with Crippen molar-refractivity contribution in [3.63, 3.8) is 0 Å². The van der Waals surface area contributed by atoms with E-state index >= 15 is 0 Å². The molecule has 0 atom stereocenters. The lowest BCUT2D eigenvalue weighted by molar-refractivity contribution is 0.668. The van der Waals surface area contributed by atoms with Crippen LogP contribution in [0.15, 0.2) is 203 Å². The molecule has 0 aliphatic heterocycles. The maximum atomic E-state index is 6.55. The second-order valence-corrected chi connectivity index (χ2v) is 14.1. The first-order valence-corrected chi connectivity index (χ1v) is 18.9. The average molecular weight is 733 g/mol. The van der Waals surface area contributed by atoms with Crippen LogP contribution in [0.4, 0.5) is 17.1 Å². The van der Waals surface area contributed by atoms with Crippen LogP contribution in [0.5, 0.6) is 0 Å². The van der Waals surface area contributed by atoms with Crippen LogP contribution in [0.1, 0.15) is 0 Å². The summed E-state index contributed by atoms with van der Waals surface area (Å²) in [5.74, 6) is 1.82. The van der Waals surface area contributed by atoms with E-state index in [9.17, 15) is 0 Å². The maximum absolute atomic E-state index is 6.55. The Balaban J connectivity index is 1.03. The molecule has 0 spiro atoms. The van der Waals surface area contributed by atoms with E-state index < -0.39 is 0 Å². The third kappa shape index (κ3) is 5.88. The number of benzene rings is 8. The Morgan fingerprint density at radius 2 is 0.702 bits per heavy atom. The molecule has 268 valence electrons. The predicted molar refractivity (Wildman–Crippen MR) is 231 cm³/mol. The van der Waals surface area contributed by atoms with Gasteiger partial charge in [-0.2, -0.15) is 0 Å². The van der Waals surface area contributed by atoms with Gasteiger partial charge in [0.05, 0.1) is 0 Å². The van der Waals surface area contributed by atoms with Gasteiger partial charge in [0.2, 0.25) is 0 Å². The van der Waals surface area contributed by atoms with Gasteiger partial charge in [0.15, 0.2) is 17.5 Å². The van der Waals surface area contributed by atoms with E-state index in [4.69, 9.17) is 23.8 Å². The summed E-state index contributed by atoms with van der Waals surface area (Å²) in [6.45, 7) is 0. The number of nitrogens with zero attached hydrogens (tertiary/aromatic N) is 4. The number of aromatic nitrogens is 3. The molecule has 57 heavy (non-hydrogen) atoms. The summed E-state index contributed by atoms with van der Waals surface area (Å²) in [5, 5.41) is 4.18. The molecule has 11 rings (SSSR count). The summed E-state index contributed by atoms with van der Waals surface area (Å²) in [6.07, 6.45) is 0. The summed E-state index contributed by atoms with van der Waals surface area (Å²) in [6, 6.07) is 66.5. The van der Waals surface area contributed by atoms with Crippen LogP contribution in [0.25, 0.3) is 89.2 Å². The lowest BCUT2D eigenvalue weighted by atomic mass is 10.0. The number of furan rings is 2. The number of hydrogen-bond acceptors (Lipinski definition) is 6. The fourth-order valence-electron chi connectivity index (χ4n) is 7.71. The van der Waals surface area contributed by atoms with E-state index in [1.165, 1.54) is 5.56 Å². The first-order chi connectivity index (χ1) is 28.2. The predicted octanol–water partition coefficient (Wildman–Crippen LogP) is 13.8. The van der Waals surface area contributed by atoms with Gasteiger partial charge in [-0.15, -0.1) is 0 Å². The molecule has 0 aliphatic carbocycles. The quantitative estimate of drug-likeness (QED) is 0.162. The van der Waals surface area contributed by atoms with Gasteiger partial charge >= 0.3 is 0 Å². The molecule has 0 bridgehead atoms. The van der Waals surface area contributed by atoms with Crippen LogP contribution in [0.2, 0.25) is 0 Å². The van der Waals surface area contributed by atoms with Gasteiger partial charge in [0.1, 0.15) is 22.3 Å². The van der Waals surface area contributed by atoms with Gasteiger partial charge in [0, 0.05) is 55.3 Å². The maximum Gasteiger partial charge on any atom is 0.164 e. The van der Waals surface area contributed by atoms with E-state index in [1.54, 1.807) is 0 Å². The fourth-order valence-corrected chi connectivity index (χ4v) is 7.71. The van der Waals surface area contributed by atoms with Gasteiger partial charge in [-0.25, -0.2) is 15.0 Å². The van der Waals surface area contributed by atoms with Crippen molar-refractivity contribution in [3.05, 3.63) is 194 Å². The molecule has 0 saturated carbocycles. The van der Waals surface area contributed by atoms with Gasteiger partial charge in [-0.05, 0) is 77.9 Å². The lowest BCUT2D eigenvalue weighted by Gasteiger charge is -2.26. The molecule has 0 N–H and O–H groups in total. The molecular formula is C51H32N4O2. The highest BCUT2D eigenvalue weighted by Crippen LogP contribution is 2.42. The second-order valence-electron chi connectivity index (χ2n) is 14.1. The van der Waals surface area contributed by atoms with Crippen molar-refractivity contribution >= 4 is 60.9 Å². The SMILES string of the molecule is c1ccc(-c2ccc(N(c3ccc4oc5ccccc5c4c3)c3ccc4oc5cc(-c6nc(-c7ccccc7)nc(-c7ccccc7)n6)ccc5c4c3)cc2)cc1. The Hall–Kier alpha value is -7.83. The van der Waals surface area contributed by atoms with E-state index in [-0.39, 0.29) is 0 Å². The Labute approximate surface area is 328 Å². The van der Waals surface area contributed by atoms with Crippen molar-refractivity contribution in [1.82, 2.24) is 15.0 Å². The zero-order valence-electron chi connectivity index (χ0n) is 30.6. The standard InChI is InChI=1S/C51H32N4O2/c1-4-12-33(13-5-1)34-20-23-38(24-21-34)55(39-25-28-46-43(31-39)41-18-10-11-19-45(41)56-46)40-26-29-47-44(32-40)42-27-22-37(30-48(42)57-47)51-53-49(35-14-6-2-7-15-35)52-50(54-51)36-16-8-3-9-17-36/h1-32H. The first kappa shape index (κ1) is 32.6. The van der Waals surface area contributed by atoms with E-state index in [2.05, 4.69) is 114 Å². The van der Waals surface area contributed by atoms with Crippen molar-refractivity contribution in [2.45, 2.75) is 0 Å². The van der Waals surface area contributed by atoms with Crippen LogP contribution in [0.3, 0.4) is 0 Å². The Bertz CT molecular complexity index is 3170. The highest BCUT2D eigenvalue weighted by molar-refractivity contribution is 6.09. The summed E-state index contributed by atoms with van der Waals surface area (Å²) in [7, 11) is 0. The summed E-state index contributed by atoms with van der Waals surface area (Å²) in [5.41, 5.74) is 11.4. The van der Waals surface area contributed by atoms with Gasteiger partial charge in [-0.1, -0.05) is 127 Å².